The molecule has 1 N–H and O–H groups in total. The number of nitrogens with zero attached hydrogens (tertiary/aromatic N) is 2. The molecule has 1 amide bonds. The van der Waals surface area contributed by atoms with Crippen LogP contribution in [0.15, 0.2) is 42.6 Å². The molecule has 122 valence electrons. The lowest BCUT2D eigenvalue weighted by Crippen LogP contribution is -2.28. The van der Waals surface area contributed by atoms with E-state index in [0.29, 0.717) is 5.69 Å². The van der Waals surface area contributed by atoms with Gasteiger partial charge in [0.15, 0.2) is 0 Å². The molecule has 0 radical (unpaired) electrons. The molecule has 1 aromatic carbocycles. The summed E-state index contributed by atoms with van der Waals surface area (Å²) in [5.41, 5.74) is 3.86. The second-order valence-electron chi connectivity index (χ2n) is 5.85. The van der Waals surface area contributed by atoms with E-state index in [2.05, 4.69) is 48.4 Å². The van der Waals surface area contributed by atoms with Gasteiger partial charge in [-0.05, 0) is 31.0 Å². The molecule has 0 unspecified atom stereocenters. The van der Waals surface area contributed by atoms with Crippen LogP contribution in [-0.4, -0.2) is 29.4 Å². The molecule has 4 heteroatoms. The molecular weight excluding hydrogens is 286 g/mol. The zero-order valence-electron chi connectivity index (χ0n) is 14.2. The molecule has 0 bridgehead atoms. The molecule has 0 saturated carbocycles. The highest BCUT2D eigenvalue weighted by Crippen LogP contribution is 2.12. The largest absolute Gasteiger partial charge is 0.381 e. The molecule has 0 aliphatic rings. The number of nitrogens with one attached hydrogen (secondary N) is 1. The van der Waals surface area contributed by atoms with Gasteiger partial charge in [-0.25, -0.2) is 0 Å². The number of amides is 1. The average molecular weight is 311 g/mol. The van der Waals surface area contributed by atoms with Crippen LogP contribution in [0.3, 0.4) is 0 Å². The Morgan fingerprint density at radius 2 is 2.09 bits per heavy atom. The fourth-order valence-corrected chi connectivity index (χ4v) is 2.38. The molecule has 0 fully saturated rings. The number of anilines is 1. The predicted octanol–water partition coefficient (Wildman–Crippen LogP) is 3.87. The van der Waals surface area contributed by atoms with Gasteiger partial charge in [0, 0.05) is 32.0 Å². The molecule has 0 atom stereocenters. The third kappa shape index (κ3) is 5.09. The summed E-state index contributed by atoms with van der Waals surface area (Å²) in [7, 11) is 1.83. The van der Waals surface area contributed by atoms with Gasteiger partial charge in [0.25, 0.3) is 5.91 Å². The van der Waals surface area contributed by atoms with E-state index in [0.717, 1.165) is 31.6 Å². The third-order valence-corrected chi connectivity index (χ3v) is 3.75. The number of hydrogen-bond acceptors (Lipinski definition) is 3. The Morgan fingerprint density at radius 3 is 2.83 bits per heavy atom. The zero-order valence-corrected chi connectivity index (χ0v) is 14.2. The molecule has 1 heterocycles. The number of carbonyl (C=O) groups excluding carboxylic acids is 1. The highest BCUT2D eigenvalue weighted by Gasteiger charge is 2.12. The van der Waals surface area contributed by atoms with Gasteiger partial charge in [0.2, 0.25) is 0 Å². The highest BCUT2D eigenvalue weighted by atomic mass is 16.2. The summed E-state index contributed by atoms with van der Waals surface area (Å²) in [5.74, 6) is -0.0299. The minimum Gasteiger partial charge on any atom is -0.381 e. The van der Waals surface area contributed by atoms with Crippen LogP contribution in [0.2, 0.25) is 0 Å². The van der Waals surface area contributed by atoms with Crippen molar-refractivity contribution in [3.05, 3.63) is 59.4 Å². The van der Waals surface area contributed by atoms with Crippen molar-refractivity contribution in [1.29, 1.82) is 0 Å². The maximum Gasteiger partial charge on any atom is 0.272 e. The van der Waals surface area contributed by atoms with Crippen molar-refractivity contribution < 1.29 is 4.79 Å². The summed E-state index contributed by atoms with van der Waals surface area (Å²) in [4.78, 5) is 18.3. The second kappa shape index (κ2) is 8.32. The number of rotatable bonds is 7. The van der Waals surface area contributed by atoms with Gasteiger partial charge in [0.05, 0.1) is 0 Å². The predicted molar refractivity (Wildman–Crippen MR) is 94.6 cm³/mol. The molecular formula is C19H25N3O. The number of carbonyl (C=O) groups is 1. The molecule has 0 saturated heterocycles. The summed E-state index contributed by atoms with van der Waals surface area (Å²) < 4.78 is 0. The minimum atomic E-state index is -0.0299. The molecule has 1 aromatic heterocycles. The Balaban J connectivity index is 2.00. The Labute approximate surface area is 138 Å². The monoisotopic (exact) mass is 311 g/mol. The molecule has 0 aliphatic carbocycles. The first kappa shape index (κ1) is 17.0. The van der Waals surface area contributed by atoms with Crippen LogP contribution in [-0.2, 0) is 6.54 Å². The average Bonchev–Trinajstić information content (AvgIpc) is 2.57. The van der Waals surface area contributed by atoms with E-state index in [4.69, 9.17) is 0 Å². The normalized spacial score (nSPS) is 10.4. The SMILES string of the molecule is CCCCN(C)C(=O)c1cc(NCc2cccc(C)c2)ccn1. The van der Waals surface area contributed by atoms with Crippen LogP contribution >= 0.6 is 0 Å². The van der Waals surface area contributed by atoms with Crippen molar-refractivity contribution in [2.45, 2.75) is 33.2 Å². The lowest BCUT2D eigenvalue weighted by Gasteiger charge is -2.16. The number of benzene rings is 1. The molecule has 0 spiro atoms. The highest BCUT2D eigenvalue weighted by molar-refractivity contribution is 5.92. The number of aryl methyl sites for hydroxylation is 1. The summed E-state index contributed by atoms with van der Waals surface area (Å²) in [6.45, 7) is 5.69. The molecule has 23 heavy (non-hydrogen) atoms. The smallest absolute Gasteiger partial charge is 0.272 e. The van der Waals surface area contributed by atoms with Gasteiger partial charge in [0.1, 0.15) is 5.69 Å². The summed E-state index contributed by atoms with van der Waals surface area (Å²) in [5, 5.41) is 3.35. The molecule has 2 rings (SSSR count). The lowest BCUT2D eigenvalue weighted by atomic mass is 10.1. The van der Waals surface area contributed by atoms with E-state index in [1.165, 1.54) is 11.1 Å². The zero-order chi connectivity index (χ0) is 16.7. The summed E-state index contributed by atoms with van der Waals surface area (Å²) >= 11 is 0. The fourth-order valence-electron chi connectivity index (χ4n) is 2.38. The number of hydrogen-bond donors (Lipinski definition) is 1. The Hall–Kier alpha value is -2.36. The van der Waals surface area contributed by atoms with Crippen LogP contribution in [0.5, 0.6) is 0 Å². The van der Waals surface area contributed by atoms with Gasteiger partial charge in [-0.2, -0.15) is 0 Å². The van der Waals surface area contributed by atoms with Crippen molar-refractivity contribution in [2.75, 3.05) is 18.9 Å². The van der Waals surface area contributed by atoms with Crippen molar-refractivity contribution >= 4 is 11.6 Å². The first-order valence-electron chi connectivity index (χ1n) is 8.11. The lowest BCUT2D eigenvalue weighted by molar-refractivity contribution is 0.0787. The third-order valence-electron chi connectivity index (χ3n) is 3.75. The van der Waals surface area contributed by atoms with Crippen LogP contribution in [0.4, 0.5) is 5.69 Å². The number of aromatic nitrogens is 1. The van der Waals surface area contributed by atoms with Crippen LogP contribution in [0, 0.1) is 6.92 Å². The quantitative estimate of drug-likeness (QED) is 0.844. The molecule has 2 aromatic rings. The Morgan fingerprint density at radius 1 is 1.26 bits per heavy atom. The van der Waals surface area contributed by atoms with Gasteiger partial charge in [-0.3, -0.25) is 9.78 Å². The maximum absolute atomic E-state index is 12.4. The van der Waals surface area contributed by atoms with E-state index in [1.807, 2.05) is 19.2 Å². The van der Waals surface area contributed by atoms with Crippen LogP contribution in [0.1, 0.15) is 41.4 Å². The van der Waals surface area contributed by atoms with E-state index in [-0.39, 0.29) is 5.91 Å². The van der Waals surface area contributed by atoms with Crippen LogP contribution < -0.4 is 5.32 Å². The van der Waals surface area contributed by atoms with E-state index in [1.54, 1.807) is 11.1 Å². The Kier molecular flexibility index (Phi) is 6.15. The van der Waals surface area contributed by atoms with Crippen LogP contribution in [0.25, 0.3) is 0 Å². The second-order valence-corrected chi connectivity index (χ2v) is 5.85. The first-order valence-corrected chi connectivity index (χ1v) is 8.11. The van der Waals surface area contributed by atoms with Gasteiger partial charge in [-0.1, -0.05) is 43.2 Å². The van der Waals surface area contributed by atoms with Gasteiger partial charge in [-0.15, -0.1) is 0 Å². The van der Waals surface area contributed by atoms with E-state index >= 15 is 0 Å². The molecule has 4 nitrogen and oxygen atoms in total. The fraction of sp³-hybridized carbons (Fsp3) is 0.368. The topological polar surface area (TPSA) is 45.2 Å². The summed E-state index contributed by atoms with van der Waals surface area (Å²) in [6, 6.07) is 12.1. The van der Waals surface area contributed by atoms with Crippen molar-refractivity contribution in [3.8, 4) is 0 Å². The standard InChI is InChI=1S/C19H25N3O/c1-4-5-11-22(3)19(23)18-13-17(9-10-20-18)21-14-16-8-6-7-15(2)12-16/h6-10,12-13H,4-5,11,14H2,1-3H3,(H,20,21). The van der Waals surface area contributed by atoms with Crippen molar-refractivity contribution in [3.63, 3.8) is 0 Å². The minimum absolute atomic E-state index is 0.0299. The summed E-state index contributed by atoms with van der Waals surface area (Å²) in [6.07, 6.45) is 3.76. The van der Waals surface area contributed by atoms with Crippen molar-refractivity contribution in [2.24, 2.45) is 0 Å². The van der Waals surface area contributed by atoms with Crippen molar-refractivity contribution in [1.82, 2.24) is 9.88 Å². The Bertz CT molecular complexity index is 655. The van der Waals surface area contributed by atoms with E-state index in [9.17, 15) is 4.79 Å². The van der Waals surface area contributed by atoms with Gasteiger partial charge >= 0.3 is 0 Å². The number of pyridine rings is 1. The first-order chi connectivity index (χ1) is 11.1. The maximum atomic E-state index is 12.4. The molecule has 0 aliphatic heterocycles. The number of unbranched alkanes of at least 4 members (excludes halogenated alkanes) is 1. The van der Waals surface area contributed by atoms with E-state index < -0.39 is 0 Å². The van der Waals surface area contributed by atoms with Gasteiger partial charge < -0.3 is 10.2 Å².